The molecule has 0 heterocycles. The maximum Gasteiger partial charge on any atom is 0.270 e. The first kappa shape index (κ1) is 15.2. The quantitative estimate of drug-likeness (QED) is 0.687. The van der Waals surface area contributed by atoms with Crippen LogP contribution in [0.3, 0.4) is 0 Å². The minimum absolute atomic E-state index is 0.0907. The summed E-state index contributed by atoms with van der Waals surface area (Å²) in [4.78, 5) is 10.7. The molecule has 0 spiro atoms. The maximum atomic E-state index is 11.0. The van der Waals surface area contributed by atoms with Crippen molar-refractivity contribution in [1.29, 1.82) is 0 Å². The molecule has 2 aromatic rings. The van der Waals surface area contributed by atoms with Gasteiger partial charge in [-0.2, -0.15) is 0 Å². The van der Waals surface area contributed by atoms with Crippen molar-refractivity contribution in [2.75, 3.05) is 0 Å². The van der Waals surface area contributed by atoms with Crippen molar-refractivity contribution in [2.24, 2.45) is 5.73 Å². The first-order valence-electron chi connectivity index (χ1n) is 6.89. The largest absolute Gasteiger partial charge is 0.320 e. The van der Waals surface area contributed by atoms with Crippen LogP contribution in [0.4, 0.5) is 5.69 Å². The molecule has 21 heavy (non-hydrogen) atoms. The second-order valence-corrected chi connectivity index (χ2v) is 5.63. The van der Waals surface area contributed by atoms with Gasteiger partial charge in [-0.25, -0.2) is 0 Å². The smallest absolute Gasteiger partial charge is 0.270 e. The van der Waals surface area contributed by atoms with Crippen LogP contribution in [0.1, 0.15) is 39.4 Å². The summed E-state index contributed by atoms with van der Waals surface area (Å²) < 4.78 is 0. The number of nitrogens with two attached hydrogens (primary N) is 1. The Labute approximate surface area is 124 Å². The molecule has 0 fully saturated rings. The molecule has 0 amide bonds. The van der Waals surface area contributed by atoms with E-state index in [4.69, 9.17) is 5.73 Å². The third-order valence-electron chi connectivity index (χ3n) is 3.84. The number of nitrogens with zero attached hydrogens (tertiary/aromatic N) is 1. The second kappa shape index (κ2) is 5.66. The molecule has 0 bridgehead atoms. The van der Waals surface area contributed by atoms with E-state index in [0.29, 0.717) is 0 Å². The number of rotatable bonds is 3. The molecule has 4 heteroatoms. The van der Waals surface area contributed by atoms with E-state index in [1.54, 1.807) is 12.1 Å². The molecule has 0 aromatic heterocycles. The first-order valence-corrected chi connectivity index (χ1v) is 6.89. The average Bonchev–Trinajstić information content (AvgIpc) is 2.39. The minimum atomic E-state index is -0.371. The topological polar surface area (TPSA) is 69.2 Å². The number of non-ortho nitro benzene ring substituents is 1. The lowest BCUT2D eigenvalue weighted by molar-refractivity contribution is -0.385. The van der Waals surface area contributed by atoms with Crippen molar-refractivity contribution in [3.63, 3.8) is 0 Å². The van der Waals surface area contributed by atoms with Gasteiger partial charge in [0.15, 0.2) is 0 Å². The molecule has 2 N–H and O–H groups in total. The Hall–Kier alpha value is -2.20. The van der Waals surface area contributed by atoms with E-state index in [-0.39, 0.29) is 16.7 Å². The van der Waals surface area contributed by atoms with Gasteiger partial charge in [-0.3, -0.25) is 10.1 Å². The molecule has 1 atom stereocenters. The van der Waals surface area contributed by atoms with E-state index >= 15 is 0 Å². The molecule has 0 aliphatic heterocycles. The fraction of sp³-hybridized carbons (Fsp3) is 0.294. The van der Waals surface area contributed by atoms with Crippen LogP contribution in [0, 0.1) is 37.8 Å². The highest BCUT2D eigenvalue weighted by Crippen LogP contribution is 2.29. The zero-order valence-electron chi connectivity index (χ0n) is 12.8. The molecule has 2 rings (SSSR count). The predicted molar refractivity (Wildman–Crippen MR) is 84.5 cm³/mol. The van der Waals surface area contributed by atoms with Gasteiger partial charge < -0.3 is 5.73 Å². The normalized spacial score (nSPS) is 12.2. The monoisotopic (exact) mass is 284 g/mol. The molecular formula is C17H20N2O2. The Morgan fingerprint density at radius 2 is 1.57 bits per heavy atom. The van der Waals surface area contributed by atoms with Crippen molar-refractivity contribution in [2.45, 2.75) is 33.7 Å². The van der Waals surface area contributed by atoms with E-state index in [1.807, 2.05) is 39.8 Å². The van der Waals surface area contributed by atoms with Crippen molar-refractivity contribution < 1.29 is 4.92 Å². The maximum absolute atomic E-state index is 11.0. The zero-order valence-corrected chi connectivity index (χ0v) is 12.8. The van der Waals surface area contributed by atoms with E-state index < -0.39 is 0 Å². The van der Waals surface area contributed by atoms with Gasteiger partial charge in [0, 0.05) is 12.1 Å². The Bertz CT molecular complexity index is 688. The molecule has 4 nitrogen and oxygen atoms in total. The van der Waals surface area contributed by atoms with E-state index in [9.17, 15) is 10.1 Å². The standard InChI is InChI=1S/C17H20N2O2/c1-10-5-11(2)7-14(6-10)17(18)16-9-15(19(20)21)8-12(3)13(16)4/h5-9,17H,18H2,1-4H3. The van der Waals surface area contributed by atoms with Crippen LogP contribution in [-0.4, -0.2) is 4.92 Å². The van der Waals surface area contributed by atoms with E-state index in [0.717, 1.165) is 33.4 Å². The predicted octanol–water partition coefficient (Wildman–Crippen LogP) is 3.88. The summed E-state index contributed by atoms with van der Waals surface area (Å²) in [5.74, 6) is 0. The van der Waals surface area contributed by atoms with Gasteiger partial charge in [0.25, 0.3) is 5.69 Å². The van der Waals surface area contributed by atoms with Crippen molar-refractivity contribution >= 4 is 5.69 Å². The lowest BCUT2D eigenvalue weighted by atomic mass is 9.91. The highest BCUT2D eigenvalue weighted by Gasteiger charge is 2.18. The fourth-order valence-electron chi connectivity index (χ4n) is 2.66. The van der Waals surface area contributed by atoms with Crippen LogP contribution in [0.15, 0.2) is 30.3 Å². The van der Waals surface area contributed by atoms with Gasteiger partial charge in [-0.1, -0.05) is 29.3 Å². The van der Waals surface area contributed by atoms with E-state index in [2.05, 4.69) is 6.07 Å². The summed E-state index contributed by atoms with van der Waals surface area (Å²) in [5, 5.41) is 11.0. The average molecular weight is 284 g/mol. The Morgan fingerprint density at radius 3 is 2.10 bits per heavy atom. The molecule has 110 valence electrons. The summed E-state index contributed by atoms with van der Waals surface area (Å²) in [7, 11) is 0. The van der Waals surface area contributed by atoms with E-state index in [1.165, 1.54) is 0 Å². The summed E-state index contributed by atoms with van der Waals surface area (Å²) in [6.07, 6.45) is 0. The van der Waals surface area contributed by atoms with Crippen LogP contribution >= 0.6 is 0 Å². The van der Waals surface area contributed by atoms with Gasteiger partial charge >= 0.3 is 0 Å². The molecule has 0 saturated carbocycles. The summed E-state index contributed by atoms with van der Waals surface area (Å²) in [6, 6.07) is 8.97. The molecular weight excluding hydrogens is 264 g/mol. The number of nitro groups is 1. The summed E-state index contributed by atoms with van der Waals surface area (Å²) >= 11 is 0. The lowest BCUT2D eigenvalue weighted by Crippen LogP contribution is -2.14. The molecule has 0 aliphatic rings. The van der Waals surface area contributed by atoms with Crippen molar-refractivity contribution in [3.8, 4) is 0 Å². The van der Waals surface area contributed by atoms with Gasteiger partial charge in [0.2, 0.25) is 0 Å². The number of hydrogen-bond donors (Lipinski definition) is 1. The lowest BCUT2D eigenvalue weighted by Gasteiger charge is -2.18. The first-order chi connectivity index (χ1) is 9.79. The number of hydrogen-bond acceptors (Lipinski definition) is 3. The molecule has 1 unspecified atom stereocenters. The molecule has 0 aliphatic carbocycles. The number of nitro benzene ring substituents is 1. The summed E-state index contributed by atoms with van der Waals surface area (Å²) in [5.41, 5.74) is 12.4. The Kier molecular flexibility index (Phi) is 4.09. The van der Waals surface area contributed by atoms with Gasteiger partial charge in [0.05, 0.1) is 11.0 Å². The van der Waals surface area contributed by atoms with Gasteiger partial charge in [-0.05, 0) is 49.9 Å². The van der Waals surface area contributed by atoms with Crippen LogP contribution in [-0.2, 0) is 0 Å². The Morgan fingerprint density at radius 1 is 1.00 bits per heavy atom. The number of aryl methyl sites for hydroxylation is 3. The van der Waals surface area contributed by atoms with Crippen molar-refractivity contribution in [3.05, 3.63) is 73.8 Å². The molecule has 0 radical (unpaired) electrons. The third-order valence-corrected chi connectivity index (χ3v) is 3.84. The van der Waals surface area contributed by atoms with Gasteiger partial charge in [-0.15, -0.1) is 0 Å². The highest BCUT2D eigenvalue weighted by molar-refractivity contribution is 5.49. The minimum Gasteiger partial charge on any atom is -0.320 e. The Balaban J connectivity index is 2.56. The molecule has 2 aromatic carbocycles. The SMILES string of the molecule is Cc1cc(C)cc(C(N)c2cc([N+](=O)[O-])cc(C)c2C)c1. The van der Waals surface area contributed by atoms with Crippen LogP contribution < -0.4 is 5.73 Å². The fourth-order valence-corrected chi connectivity index (χ4v) is 2.66. The van der Waals surface area contributed by atoms with Crippen LogP contribution in [0.25, 0.3) is 0 Å². The van der Waals surface area contributed by atoms with Crippen LogP contribution in [0.2, 0.25) is 0 Å². The third kappa shape index (κ3) is 3.11. The zero-order chi connectivity index (χ0) is 15.7. The van der Waals surface area contributed by atoms with Gasteiger partial charge in [0.1, 0.15) is 0 Å². The second-order valence-electron chi connectivity index (χ2n) is 5.63. The molecule has 0 saturated heterocycles. The van der Waals surface area contributed by atoms with Crippen molar-refractivity contribution in [1.82, 2.24) is 0 Å². The van der Waals surface area contributed by atoms with Crippen LogP contribution in [0.5, 0.6) is 0 Å². The highest BCUT2D eigenvalue weighted by atomic mass is 16.6. The summed E-state index contributed by atoms with van der Waals surface area (Å²) in [6.45, 7) is 7.88. The number of benzene rings is 2.